The van der Waals surface area contributed by atoms with Crippen molar-refractivity contribution in [1.29, 1.82) is 0 Å². The minimum atomic E-state index is -0.225. The van der Waals surface area contributed by atoms with Crippen molar-refractivity contribution in [2.45, 2.75) is 53.2 Å². The van der Waals surface area contributed by atoms with Gasteiger partial charge in [-0.3, -0.25) is 9.48 Å². The summed E-state index contributed by atoms with van der Waals surface area (Å²) in [5.41, 5.74) is 3.26. The predicted octanol–water partition coefficient (Wildman–Crippen LogP) is 5.38. The van der Waals surface area contributed by atoms with Crippen LogP contribution in [0.1, 0.15) is 59.3 Å². The maximum atomic E-state index is 12.3. The second kappa shape index (κ2) is 9.98. The molecule has 0 atom stereocenters. The zero-order valence-corrected chi connectivity index (χ0v) is 19.5. The number of nitrogens with zero attached hydrogens (tertiary/aromatic N) is 2. The summed E-state index contributed by atoms with van der Waals surface area (Å²) in [4.78, 5) is 12.3. The van der Waals surface area contributed by atoms with Crippen LogP contribution in [0.2, 0.25) is 0 Å². The van der Waals surface area contributed by atoms with Gasteiger partial charge in [0.2, 0.25) is 0 Å². The highest BCUT2D eigenvalue weighted by Gasteiger charge is 2.13. The maximum Gasteiger partial charge on any atom is 0.286 e. The zero-order valence-electron chi connectivity index (χ0n) is 17.9. The molecule has 1 N–H and O–H groups in total. The summed E-state index contributed by atoms with van der Waals surface area (Å²) in [7, 11) is 0. The number of nitrogens with one attached hydrogen (secondary N) is 1. The van der Waals surface area contributed by atoms with Crippen LogP contribution in [0.25, 0.3) is 0 Å². The minimum Gasteiger partial charge on any atom is -0.485 e. The van der Waals surface area contributed by atoms with Crippen LogP contribution in [-0.4, -0.2) is 22.2 Å². The van der Waals surface area contributed by atoms with Crippen molar-refractivity contribution in [3.63, 3.8) is 0 Å². The highest BCUT2D eigenvalue weighted by Crippen LogP contribution is 2.28. The summed E-state index contributed by atoms with van der Waals surface area (Å²) in [5.74, 6) is 1.91. The number of ether oxygens (including phenoxy) is 1. The Morgan fingerprint density at radius 3 is 2.77 bits per heavy atom. The largest absolute Gasteiger partial charge is 0.485 e. The second-order valence-corrected chi connectivity index (χ2v) is 8.54. The predicted molar refractivity (Wildman–Crippen MR) is 120 cm³/mol. The summed E-state index contributed by atoms with van der Waals surface area (Å²) in [5, 5.41) is 7.26. The number of aromatic nitrogens is 2. The topological polar surface area (TPSA) is 69.3 Å². The average Bonchev–Trinajstić information content (AvgIpc) is 3.30. The van der Waals surface area contributed by atoms with Crippen molar-refractivity contribution in [1.82, 2.24) is 15.1 Å². The molecule has 3 rings (SSSR count). The van der Waals surface area contributed by atoms with Gasteiger partial charge in [0.05, 0.1) is 10.2 Å². The van der Waals surface area contributed by atoms with Crippen molar-refractivity contribution in [2.24, 2.45) is 0 Å². The van der Waals surface area contributed by atoms with Crippen molar-refractivity contribution in [3.8, 4) is 5.75 Å². The van der Waals surface area contributed by atoms with Crippen LogP contribution in [-0.2, 0) is 13.2 Å². The number of amides is 1. The van der Waals surface area contributed by atoms with Gasteiger partial charge in [0.1, 0.15) is 18.1 Å². The summed E-state index contributed by atoms with van der Waals surface area (Å²) >= 11 is 3.45. The molecule has 30 heavy (non-hydrogen) atoms. The second-order valence-electron chi connectivity index (χ2n) is 7.69. The SMILES string of the molecule is Cc1ccc(C(C)C)c(OCc2ccc(C(=O)NCCCn3cc(Br)c(C)n3)o2)c1. The molecule has 6 nitrogen and oxygen atoms in total. The molecule has 0 saturated heterocycles. The molecule has 0 bridgehead atoms. The van der Waals surface area contributed by atoms with E-state index in [0.717, 1.165) is 40.0 Å². The fourth-order valence-electron chi connectivity index (χ4n) is 3.11. The quantitative estimate of drug-likeness (QED) is 0.423. The molecule has 0 spiro atoms. The summed E-state index contributed by atoms with van der Waals surface area (Å²) in [6, 6.07) is 9.68. The van der Waals surface area contributed by atoms with Crippen molar-refractivity contribution in [3.05, 3.63) is 69.3 Å². The number of hydrogen-bond acceptors (Lipinski definition) is 4. The first kappa shape index (κ1) is 22.2. The van der Waals surface area contributed by atoms with Gasteiger partial charge in [-0.05, 0) is 71.4 Å². The van der Waals surface area contributed by atoms with Gasteiger partial charge in [0.25, 0.3) is 5.91 Å². The van der Waals surface area contributed by atoms with E-state index in [-0.39, 0.29) is 12.5 Å². The van der Waals surface area contributed by atoms with Gasteiger partial charge in [-0.15, -0.1) is 0 Å². The summed E-state index contributed by atoms with van der Waals surface area (Å²) in [6.07, 6.45) is 2.72. The Kier molecular flexibility index (Phi) is 7.37. The van der Waals surface area contributed by atoms with Crippen molar-refractivity contribution in [2.75, 3.05) is 6.54 Å². The van der Waals surface area contributed by atoms with Gasteiger partial charge < -0.3 is 14.5 Å². The third-order valence-electron chi connectivity index (χ3n) is 4.78. The van der Waals surface area contributed by atoms with E-state index in [0.29, 0.717) is 24.0 Å². The van der Waals surface area contributed by atoms with Gasteiger partial charge in [-0.1, -0.05) is 26.0 Å². The molecule has 3 aromatic rings. The van der Waals surface area contributed by atoms with E-state index in [2.05, 4.69) is 52.3 Å². The fourth-order valence-corrected chi connectivity index (χ4v) is 3.42. The number of furan rings is 1. The summed E-state index contributed by atoms with van der Waals surface area (Å²) in [6.45, 7) is 9.83. The number of rotatable bonds is 9. The van der Waals surface area contributed by atoms with E-state index in [4.69, 9.17) is 9.15 Å². The standard InChI is InChI=1S/C23H28BrN3O3/c1-15(2)19-8-6-16(3)12-22(19)29-14-18-7-9-21(30-18)23(28)25-10-5-11-27-13-20(24)17(4)26-27/h6-9,12-13,15H,5,10-11,14H2,1-4H3,(H,25,28). The number of halogens is 1. The third kappa shape index (κ3) is 5.75. The highest BCUT2D eigenvalue weighted by atomic mass is 79.9. The molecular weight excluding hydrogens is 446 g/mol. The Morgan fingerprint density at radius 1 is 1.27 bits per heavy atom. The molecule has 2 aromatic heterocycles. The smallest absolute Gasteiger partial charge is 0.286 e. The van der Waals surface area contributed by atoms with Crippen LogP contribution < -0.4 is 10.1 Å². The third-order valence-corrected chi connectivity index (χ3v) is 5.56. The van der Waals surface area contributed by atoms with Crippen molar-refractivity contribution < 1.29 is 13.9 Å². The Labute approximate surface area is 185 Å². The Morgan fingerprint density at radius 2 is 2.07 bits per heavy atom. The maximum absolute atomic E-state index is 12.3. The van der Waals surface area contributed by atoms with Crippen LogP contribution in [0, 0.1) is 13.8 Å². The monoisotopic (exact) mass is 473 g/mol. The van der Waals surface area contributed by atoms with Crippen LogP contribution >= 0.6 is 15.9 Å². The highest BCUT2D eigenvalue weighted by molar-refractivity contribution is 9.10. The van der Waals surface area contributed by atoms with E-state index in [1.54, 1.807) is 12.1 Å². The van der Waals surface area contributed by atoms with Gasteiger partial charge in [0.15, 0.2) is 5.76 Å². The molecule has 0 radical (unpaired) electrons. The van der Waals surface area contributed by atoms with Gasteiger partial charge in [0, 0.05) is 19.3 Å². The lowest BCUT2D eigenvalue weighted by molar-refractivity contribution is 0.0920. The van der Waals surface area contributed by atoms with Gasteiger partial charge >= 0.3 is 0 Å². The van der Waals surface area contributed by atoms with Gasteiger partial charge in [-0.25, -0.2) is 0 Å². The molecule has 2 heterocycles. The van der Waals surface area contributed by atoms with Crippen molar-refractivity contribution >= 4 is 21.8 Å². The zero-order chi connectivity index (χ0) is 21.7. The first-order valence-corrected chi connectivity index (χ1v) is 10.9. The number of benzene rings is 1. The van der Waals surface area contributed by atoms with Crippen LogP contribution in [0.3, 0.4) is 0 Å². The molecule has 0 saturated carbocycles. The van der Waals surface area contributed by atoms with E-state index in [1.807, 2.05) is 30.8 Å². The molecule has 0 fully saturated rings. The first-order chi connectivity index (χ1) is 14.3. The summed E-state index contributed by atoms with van der Waals surface area (Å²) < 4.78 is 14.5. The molecule has 1 amide bonds. The van der Waals surface area contributed by atoms with Crippen LogP contribution in [0.4, 0.5) is 0 Å². The van der Waals surface area contributed by atoms with E-state index in [1.165, 1.54) is 0 Å². The molecule has 0 aliphatic carbocycles. The first-order valence-electron chi connectivity index (χ1n) is 10.1. The molecule has 0 aliphatic rings. The van der Waals surface area contributed by atoms with E-state index in [9.17, 15) is 4.79 Å². The molecule has 160 valence electrons. The number of carbonyl (C=O) groups excluding carboxylic acids is 1. The number of carbonyl (C=O) groups is 1. The Hall–Kier alpha value is -2.54. The molecule has 1 aromatic carbocycles. The molecule has 0 unspecified atom stereocenters. The van der Waals surface area contributed by atoms with E-state index < -0.39 is 0 Å². The van der Waals surface area contributed by atoms with E-state index >= 15 is 0 Å². The normalized spacial score (nSPS) is 11.1. The van der Waals surface area contributed by atoms with Gasteiger partial charge in [-0.2, -0.15) is 5.10 Å². The minimum absolute atomic E-state index is 0.225. The lowest BCUT2D eigenvalue weighted by Crippen LogP contribution is -2.24. The Balaban J connectivity index is 1.48. The lowest BCUT2D eigenvalue weighted by Gasteiger charge is -2.14. The lowest BCUT2D eigenvalue weighted by atomic mass is 10.0. The number of hydrogen-bond donors (Lipinski definition) is 1. The molecule has 0 aliphatic heterocycles. The Bertz CT molecular complexity index is 988. The van der Waals surface area contributed by atoms with Crippen LogP contribution in [0.15, 0.2) is 45.4 Å². The number of aryl methyl sites for hydroxylation is 3. The fraction of sp³-hybridized carbons (Fsp3) is 0.391. The molecular formula is C23H28BrN3O3. The average molecular weight is 474 g/mol. The van der Waals surface area contributed by atoms with Crippen LogP contribution in [0.5, 0.6) is 5.75 Å². The molecule has 7 heteroatoms.